The van der Waals surface area contributed by atoms with E-state index in [2.05, 4.69) is 10.3 Å². The Morgan fingerprint density at radius 3 is 2.80 bits per heavy atom. The van der Waals surface area contributed by atoms with Gasteiger partial charge in [0.15, 0.2) is 5.78 Å². The predicted octanol–water partition coefficient (Wildman–Crippen LogP) is 2.50. The number of nitrogens with zero attached hydrogens (tertiary/aromatic N) is 2. The highest BCUT2D eigenvalue weighted by atomic mass is 16.5. The van der Waals surface area contributed by atoms with Crippen molar-refractivity contribution in [2.75, 3.05) is 6.54 Å². The van der Waals surface area contributed by atoms with E-state index < -0.39 is 11.6 Å². The minimum atomic E-state index is -0.694. The molecule has 2 aromatic rings. The maximum atomic E-state index is 12.8. The fourth-order valence-corrected chi connectivity index (χ4v) is 4.15. The van der Waals surface area contributed by atoms with Gasteiger partial charge < -0.3 is 15.0 Å². The van der Waals surface area contributed by atoms with Crippen LogP contribution in [0.3, 0.4) is 0 Å². The zero-order chi connectivity index (χ0) is 21.1. The Balaban J connectivity index is 1.42. The van der Waals surface area contributed by atoms with Crippen molar-refractivity contribution >= 4 is 17.6 Å². The molecule has 2 atom stereocenters. The number of Topliss-reactive ketones (excluding diaryl/α,β-unsaturated/α-hetero) is 1. The summed E-state index contributed by atoms with van der Waals surface area (Å²) in [6, 6.07) is 12.1. The third-order valence-corrected chi connectivity index (χ3v) is 5.94. The van der Waals surface area contributed by atoms with Gasteiger partial charge in [-0.15, -0.1) is 0 Å². The second-order valence-electron chi connectivity index (χ2n) is 7.93. The molecule has 156 valence electrons. The highest BCUT2D eigenvalue weighted by molar-refractivity contribution is 6.00. The van der Waals surface area contributed by atoms with Gasteiger partial charge in [0.2, 0.25) is 11.8 Å². The van der Waals surface area contributed by atoms with Crippen molar-refractivity contribution in [1.82, 2.24) is 15.2 Å². The summed E-state index contributed by atoms with van der Waals surface area (Å²) in [7, 11) is 0. The van der Waals surface area contributed by atoms with Gasteiger partial charge in [-0.25, -0.2) is 0 Å². The molecular formula is C23H25N3O4. The molecule has 4 rings (SSSR count). The summed E-state index contributed by atoms with van der Waals surface area (Å²) >= 11 is 0. The number of nitrogens with one attached hydrogen (secondary N) is 1. The van der Waals surface area contributed by atoms with Gasteiger partial charge in [-0.05, 0) is 37.6 Å². The molecule has 2 aliphatic heterocycles. The average molecular weight is 407 g/mol. The second-order valence-corrected chi connectivity index (χ2v) is 7.93. The predicted molar refractivity (Wildman–Crippen MR) is 110 cm³/mol. The van der Waals surface area contributed by atoms with E-state index >= 15 is 0 Å². The van der Waals surface area contributed by atoms with Crippen molar-refractivity contribution in [3.05, 3.63) is 59.9 Å². The first kappa shape index (κ1) is 20.1. The number of benzene rings is 1. The van der Waals surface area contributed by atoms with Gasteiger partial charge in [0.05, 0.1) is 24.2 Å². The quantitative estimate of drug-likeness (QED) is 0.841. The maximum absolute atomic E-state index is 12.8. The first-order valence-corrected chi connectivity index (χ1v) is 10.3. The standard InChI is InChI=1S/C23H25N3O4/c1-16(22(29)25-15-17-6-4-5-12-24-17)26-13-11-23(10-9-21(26)28)14-19(27)18-7-2-3-8-20(18)30-23/h2-8,12,16H,9-11,13-15H2,1H3,(H,25,29). The van der Waals surface area contributed by atoms with Crippen molar-refractivity contribution in [3.8, 4) is 5.75 Å². The third kappa shape index (κ3) is 4.06. The molecule has 1 fully saturated rings. The van der Waals surface area contributed by atoms with E-state index in [0.717, 1.165) is 5.69 Å². The van der Waals surface area contributed by atoms with Gasteiger partial charge in [0.1, 0.15) is 17.4 Å². The summed E-state index contributed by atoms with van der Waals surface area (Å²) in [5.74, 6) is 0.299. The Morgan fingerprint density at radius 1 is 1.20 bits per heavy atom. The molecule has 1 N–H and O–H groups in total. The Hall–Kier alpha value is -3.22. The average Bonchev–Trinajstić information content (AvgIpc) is 2.91. The number of rotatable bonds is 4. The van der Waals surface area contributed by atoms with Crippen molar-refractivity contribution in [1.29, 1.82) is 0 Å². The molecule has 0 radical (unpaired) electrons. The Bertz CT molecular complexity index is 962. The SMILES string of the molecule is CC(C(=O)NCc1ccccn1)N1CCC2(CCC1=O)CC(=O)c1ccccc1O2. The van der Waals surface area contributed by atoms with Crippen molar-refractivity contribution in [3.63, 3.8) is 0 Å². The lowest BCUT2D eigenvalue weighted by atomic mass is 9.84. The summed E-state index contributed by atoms with van der Waals surface area (Å²) < 4.78 is 6.24. The summed E-state index contributed by atoms with van der Waals surface area (Å²) in [5.41, 5.74) is 0.657. The normalized spacial score (nSPS) is 22.1. The first-order valence-electron chi connectivity index (χ1n) is 10.3. The fourth-order valence-electron chi connectivity index (χ4n) is 4.15. The highest BCUT2D eigenvalue weighted by Gasteiger charge is 2.44. The number of ketones is 1. The third-order valence-electron chi connectivity index (χ3n) is 5.94. The van der Waals surface area contributed by atoms with Crippen LogP contribution in [0.2, 0.25) is 0 Å². The largest absolute Gasteiger partial charge is 0.486 e. The lowest BCUT2D eigenvalue weighted by Gasteiger charge is -2.37. The minimum absolute atomic E-state index is 0.0406. The topological polar surface area (TPSA) is 88.6 Å². The zero-order valence-corrected chi connectivity index (χ0v) is 17.0. The molecule has 0 bridgehead atoms. The molecule has 7 nitrogen and oxygen atoms in total. The van der Waals surface area contributed by atoms with Crippen LogP contribution in [-0.2, 0) is 16.1 Å². The van der Waals surface area contributed by atoms with Crippen LogP contribution in [0.1, 0.15) is 48.7 Å². The number of pyridine rings is 1. The second kappa shape index (κ2) is 8.26. The van der Waals surface area contributed by atoms with Gasteiger partial charge in [-0.2, -0.15) is 0 Å². The lowest BCUT2D eigenvalue weighted by molar-refractivity contribution is -0.139. The number of carbonyl (C=O) groups excluding carboxylic acids is 3. The molecule has 0 aliphatic carbocycles. The number of amides is 2. The van der Waals surface area contributed by atoms with Gasteiger partial charge in [0.25, 0.3) is 0 Å². The molecule has 2 aliphatic rings. The van der Waals surface area contributed by atoms with Gasteiger partial charge in [-0.1, -0.05) is 18.2 Å². The summed E-state index contributed by atoms with van der Waals surface area (Å²) in [6.07, 6.45) is 3.15. The number of ether oxygens (including phenoxy) is 1. The zero-order valence-electron chi connectivity index (χ0n) is 17.0. The van der Waals surface area contributed by atoms with Crippen LogP contribution in [0.25, 0.3) is 0 Å². The van der Waals surface area contributed by atoms with Crippen LogP contribution in [0.5, 0.6) is 5.75 Å². The number of fused-ring (bicyclic) bond motifs is 1. The van der Waals surface area contributed by atoms with Crippen LogP contribution < -0.4 is 10.1 Å². The molecule has 1 aromatic heterocycles. The fraction of sp³-hybridized carbons (Fsp3) is 0.391. The van der Waals surface area contributed by atoms with Crippen LogP contribution >= 0.6 is 0 Å². The van der Waals surface area contributed by atoms with Gasteiger partial charge >= 0.3 is 0 Å². The molecule has 1 aromatic carbocycles. The molecule has 1 saturated heterocycles. The van der Waals surface area contributed by atoms with Crippen molar-refractivity contribution in [2.45, 2.75) is 50.8 Å². The number of para-hydroxylation sites is 1. The molecule has 0 saturated carbocycles. The minimum Gasteiger partial charge on any atom is -0.486 e. The summed E-state index contributed by atoms with van der Waals surface area (Å²) in [6.45, 7) is 2.41. The van der Waals surface area contributed by atoms with Crippen LogP contribution in [-0.4, -0.2) is 45.7 Å². The molecule has 1 spiro atoms. The molecule has 2 amide bonds. The molecule has 7 heteroatoms. The summed E-state index contributed by atoms with van der Waals surface area (Å²) in [5, 5.41) is 2.85. The molecule has 3 heterocycles. The number of hydrogen-bond donors (Lipinski definition) is 1. The molecule has 2 unspecified atom stereocenters. The maximum Gasteiger partial charge on any atom is 0.242 e. The number of aromatic nitrogens is 1. The van der Waals surface area contributed by atoms with E-state index in [1.54, 1.807) is 30.2 Å². The van der Waals surface area contributed by atoms with E-state index in [1.807, 2.05) is 30.3 Å². The Morgan fingerprint density at radius 2 is 2.00 bits per heavy atom. The highest BCUT2D eigenvalue weighted by Crippen LogP contribution is 2.39. The van der Waals surface area contributed by atoms with Crippen molar-refractivity contribution < 1.29 is 19.1 Å². The van der Waals surface area contributed by atoms with Crippen LogP contribution in [0, 0.1) is 0 Å². The van der Waals surface area contributed by atoms with E-state index in [-0.39, 0.29) is 30.4 Å². The first-order chi connectivity index (χ1) is 14.5. The van der Waals surface area contributed by atoms with Crippen LogP contribution in [0.15, 0.2) is 48.7 Å². The van der Waals surface area contributed by atoms with E-state index in [4.69, 9.17) is 4.74 Å². The van der Waals surface area contributed by atoms with Gasteiger partial charge in [-0.3, -0.25) is 19.4 Å². The van der Waals surface area contributed by atoms with Gasteiger partial charge in [0, 0.05) is 25.6 Å². The van der Waals surface area contributed by atoms with Crippen molar-refractivity contribution in [2.24, 2.45) is 0 Å². The van der Waals surface area contributed by atoms with E-state index in [1.165, 1.54) is 0 Å². The Kier molecular flexibility index (Phi) is 5.53. The molecule has 30 heavy (non-hydrogen) atoms. The smallest absolute Gasteiger partial charge is 0.242 e. The van der Waals surface area contributed by atoms with E-state index in [9.17, 15) is 14.4 Å². The summed E-state index contributed by atoms with van der Waals surface area (Å²) in [4.78, 5) is 43.9. The van der Waals surface area contributed by atoms with E-state index in [0.29, 0.717) is 37.2 Å². The number of hydrogen-bond acceptors (Lipinski definition) is 5. The molecular weight excluding hydrogens is 382 g/mol. The Labute approximate surface area is 175 Å². The number of likely N-dealkylation sites (tertiary alicyclic amines) is 1. The van der Waals surface area contributed by atoms with Crippen LogP contribution in [0.4, 0.5) is 0 Å². The number of carbonyl (C=O) groups is 3. The lowest BCUT2D eigenvalue weighted by Crippen LogP contribution is -2.48. The monoisotopic (exact) mass is 407 g/mol.